The van der Waals surface area contributed by atoms with Crippen molar-refractivity contribution in [2.45, 2.75) is 371 Å². The minimum atomic E-state index is -1.78. The van der Waals surface area contributed by atoms with E-state index in [1.165, 1.54) is 14.0 Å². The Bertz CT molecular complexity index is 2680. The number of aliphatic hydroxyl groups excluding tert-OH is 5. The van der Waals surface area contributed by atoms with E-state index in [1.54, 1.807) is 41.7 Å². The lowest BCUT2D eigenvalue weighted by molar-refractivity contribution is -0.318. The zero-order valence-corrected chi connectivity index (χ0v) is 67.6. The Hall–Kier alpha value is -1.32. The molecule has 0 spiro atoms. The molecular formula is C75H134Cl2N2O23. The number of likely N-dealkylation sites (N-methyl/N-ethyl adjacent to an activating group) is 2. The van der Waals surface area contributed by atoms with E-state index in [0.29, 0.717) is 25.7 Å². The number of esters is 2. The summed E-state index contributed by atoms with van der Waals surface area (Å²) >= 11 is 9.53. The molecule has 0 saturated carbocycles. The number of ether oxygens (including phenoxy) is 15. The zero-order chi connectivity index (χ0) is 76.8. The van der Waals surface area contributed by atoms with E-state index >= 15 is 0 Å². The summed E-state index contributed by atoms with van der Waals surface area (Å²) in [6.07, 6.45) is -11.4. The van der Waals surface area contributed by atoms with Gasteiger partial charge in [0.05, 0.1) is 113 Å². The number of nitrogens with zero attached hydrogens (tertiary/aromatic N) is 2. The number of epoxide rings is 1. The predicted molar refractivity (Wildman–Crippen MR) is 381 cm³/mol. The number of halogens is 2. The molecule has 9 rings (SSSR count). The third-order valence-electron chi connectivity index (χ3n) is 25.0. The van der Waals surface area contributed by atoms with Crippen molar-refractivity contribution in [3.8, 4) is 0 Å². The van der Waals surface area contributed by atoms with Crippen LogP contribution in [0.5, 0.6) is 0 Å². The molecule has 0 amide bonds. The average molecular weight is 1500 g/mol. The number of aliphatic hydroxyl groups is 6. The van der Waals surface area contributed by atoms with Crippen LogP contribution in [0.2, 0.25) is 0 Å². The van der Waals surface area contributed by atoms with E-state index in [2.05, 4.69) is 34.6 Å². The van der Waals surface area contributed by atoms with E-state index in [1.807, 2.05) is 100 Å². The second-order valence-corrected chi connectivity index (χ2v) is 34.5. The highest BCUT2D eigenvalue weighted by molar-refractivity contribution is 6.40. The lowest BCUT2D eigenvalue weighted by atomic mass is 9.76. The topological polar surface area (TPSA) is 304 Å². The highest BCUT2D eigenvalue weighted by atomic mass is 35.5. The van der Waals surface area contributed by atoms with Gasteiger partial charge in [0.25, 0.3) is 0 Å². The molecule has 596 valence electrons. The van der Waals surface area contributed by atoms with Crippen LogP contribution in [0.1, 0.15) is 190 Å². The predicted octanol–water partition coefficient (Wildman–Crippen LogP) is 7.71. The maximum absolute atomic E-state index is 14.3. The molecule has 14 unspecified atom stereocenters. The maximum atomic E-state index is 14.3. The normalized spacial score (nSPS) is 50.4. The van der Waals surface area contributed by atoms with E-state index in [9.17, 15) is 40.2 Å². The number of rotatable bonds is 17. The third-order valence-corrected chi connectivity index (χ3v) is 25.0. The summed E-state index contributed by atoms with van der Waals surface area (Å²) < 4.78 is 97.0. The molecule has 38 atom stereocenters. The summed E-state index contributed by atoms with van der Waals surface area (Å²) in [4.78, 5) is 32.6. The van der Waals surface area contributed by atoms with Crippen LogP contribution >= 0.6 is 23.2 Å². The molecule has 0 aromatic rings. The first-order valence-corrected chi connectivity index (χ1v) is 38.8. The molecule has 6 N–H and O–H groups in total. The molecule has 102 heavy (non-hydrogen) atoms. The largest absolute Gasteiger partial charge is 0.459 e. The first-order valence-electron chi connectivity index (χ1n) is 37.7. The fourth-order valence-electron chi connectivity index (χ4n) is 18.8. The van der Waals surface area contributed by atoms with Gasteiger partial charge in [-0.05, 0) is 162 Å². The van der Waals surface area contributed by atoms with Crippen LogP contribution in [0.3, 0.4) is 0 Å². The zero-order valence-electron chi connectivity index (χ0n) is 66.1. The van der Waals surface area contributed by atoms with Gasteiger partial charge in [-0.25, -0.2) is 0 Å². The lowest BCUT2D eigenvalue weighted by Gasteiger charge is -2.48. The number of alkyl halides is 2. The first kappa shape index (κ1) is 87.9. The number of methoxy groups -OCH3 is 2. The molecule has 0 radical (unpaired) electrons. The molecule has 9 aliphatic rings. The van der Waals surface area contributed by atoms with Gasteiger partial charge < -0.3 is 111 Å². The molecule has 9 heterocycles. The molecule has 27 heteroatoms. The highest BCUT2D eigenvalue weighted by Crippen LogP contribution is 2.54. The minimum Gasteiger partial charge on any atom is -0.459 e. The van der Waals surface area contributed by atoms with E-state index in [0.717, 1.165) is 6.42 Å². The van der Waals surface area contributed by atoms with Crippen molar-refractivity contribution in [2.75, 3.05) is 47.7 Å². The number of hydrogen-bond acceptors (Lipinski definition) is 25. The Morgan fingerprint density at radius 3 is 1.30 bits per heavy atom. The Morgan fingerprint density at radius 2 is 0.951 bits per heavy atom. The molecule has 4 bridgehead atoms. The quantitative estimate of drug-likeness (QED) is 0.0461. The third kappa shape index (κ3) is 18.5. The van der Waals surface area contributed by atoms with Gasteiger partial charge in [-0.2, -0.15) is 0 Å². The van der Waals surface area contributed by atoms with Crippen LogP contribution in [-0.4, -0.2) is 281 Å². The Kier molecular flexibility index (Phi) is 30.1. The average Bonchev–Trinajstić information content (AvgIpc) is 1.57. The van der Waals surface area contributed by atoms with Gasteiger partial charge in [-0.15, -0.1) is 23.2 Å². The van der Waals surface area contributed by atoms with E-state index in [4.69, 9.17) is 94.3 Å². The number of carbonyl (C=O) groups excluding carboxylic acids is 2. The van der Waals surface area contributed by atoms with Gasteiger partial charge in [0.15, 0.2) is 25.2 Å². The van der Waals surface area contributed by atoms with Crippen LogP contribution in [0.25, 0.3) is 0 Å². The molecule has 25 nitrogen and oxygen atoms in total. The second kappa shape index (κ2) is 34.9. The van der Waals surface area contributed by atoms with Gasteiger partial charge in [-0.3, -0.25) is 9.59 Å². The summed E-state index contributed by atoms with van der Waals surface area (Å²) in [6.45, 7) is 38.2. The van der Waals surface area contributed by atoms with Gasteiger partial charge in [-0.1, -0.05) is 55.4 Å². The van der Waals surface area contributed by atoms with Crippen LogP contribution in [0, 0.1) is 47.3 Å². The van der Waals surface area contributed by atoms with Crippen molar-refractivity contribution in [2.24, 2.45) is 47.3 Å². The lowest BCUT2D eigenvalue weighted by Crippen LogP contribution is -2.60. The van der Waals surface area contributed by atoms with Crippen molar-refractivity contribution >= 4 is 35.1 Å². The Labute approximate surface area is 619 Å². The number of fused-ring (bicyclic) bond motifs is 4. The standard InChI is InChI=1S/C37H67NO12.C37H65NO11.CH2Cl2/c1-14-25(39)37(10,43)32-20(4)28-18(2)16-36(9,50-28)31(49-34-27(40)24(38(11)12)15-19(3)45-34)21(5)29(22(6)33(42)48-32)47-26-17-35(8,44-13)30(41)23(7)46-26;1-14-25-37(10,48-25)32-20(4)28-18(2)16-36(9,49-28)31(47-34-27(39)24(38(11)12)15-19(3)43-34)21(5)29(22(6)33(41)46-32)45-26-17-35(8,42-13)30(40)23(7)44-26;2-1-3/h18-32,34,39-41,43H,14-17H2,1-13H3;18-32,34,39-40H,14-17H2,1-13H3;1H2/t18?,19?,20-,21-,22+,23?,24?,25+,26-,27?,28?,29-,30-,31+,32+,34-,35?,36-,37+;18?,19?,20-,21-,22+,23?,24?,25-,26-,27?,28?,29-,30-,31+,32+,34-,35?,36-,37+;/m00./s1. The summed E-state index contributed by atoms with van der Waals surface area (Å²) in [5.74, 6) is -4.36. The number of hydrogen-bond donors (Lipinski definition) is 6. The van der Waals surface area contributed by atoms with Gasteiger partial charge in [0, 0.05) is 62.8 Å². The van der Waals surface area contributed by atoms with Crippen LogP contribution in [-0.2, 0) is 80.6 Å². The monoisotopic (exact) mass is 1500 g/mol. The Morgan fingerprint density at radius 1 is 0.569 bits per heavy atom. The molecule has 0 aliphatic carbocycles. The second-order valence-electron chi connectivity index (χ2n) is 33.7. The minimum absolute atomic E-state index is 0.0230. The van der Waals surface area contributed by atoms with Gasteiger partial charge in [0.2, 0.25) is 0 Å². The fourth-order valence-corrected chi connectivity index (χ4v) is 18.8. The molecule has 0 aromatic heterocycles. The van der Waals surface area contributed by atoms with Gasteiger partial charge >= 0.3 is 11.9 Å². The molecule has 9 aliphatic heterocycles. The van der Waals surface area contributed by atoms with Crippen molar-refractivity contribution in [3.05, 3.63) is 0 Å². The molecule has 0 aromatic carbocycles. The first-order chi connectivity index (χ1) is 47.3. The summed E-state index contributed by atoms with van der Waals surface area (Å²) in [5, 5.41) is 67.9. The van der Waals surface area contributed by atoms with Crippen molar-refractivity contribution in [1.82, 2.24) is 9.80 Å². The number of carbonyl (C=O) groups is 2. The molecule has 9 saturated heterocycles. The van der Waals surface area contributed by atoms with Crippen LogP contribution < -0.4 is 0 Å². The SMILES string of the molecule is CC[C@@H](O)[C@@](C)(O)[C@@H]1OC(=O)[C@H](C)[C@@H](O[C@H]2CC(C)(OC)[C@@H](O)C(C)O2)[C@H](C)[C@@H](O[C@@H]2OC(C)CC(N(C)C)C2O)[C@]2(C)CC(C)C(O2)[C@@H]1C.CC[C@@H]1O[C@@]1(C)[C@@H]1OC(=O)[C@H](C)[C@@H](O[C@H]2CC(C)(OC)[C@@H](O)C(C)O2)[C@H](C)[C@@H](O[C@@H]2OC(C)CC(N(C)C)C2O)[C@]2(C)CC(C)C(O2)[C@@H]1C.ClCCl. The summed E-state index contributed by atoms with van der Waals surface area (Å²) in [5.41, 5.74) is -6.11. The van der Waals surface area contributed by atoms with Crippen LogP contribution in [0.4, 0.5) is 0 Å². The smallest absolute Gasteiger partial charge is 0.311 e. The number of cyclic esters (lactones) is 2. The highest BCUT2D eigenvalue weighted by Gasteiger charge is 2.65. The maximum Gasteiger partial charge on any atom is 0.311 e. The fraction of sp³-hybridized carbons (Fsp3) is 0.973. The van der Waals surface area contributed by atoms with Crippen molar-refractivity contribution < 1.29 is 111 Å². The summed E-state index contributed by atoms with van der Waals surface area (Å²) in [6, 6.07) is -0.381. The van der Waals surface area contributed by atoms with Gasteiger partial charge in [0.1, 0.15) is 47.8 Å². The summed E-state index contributed by atoms with van der Waals surface area (Å²) in [7, 11) is 10.8. The van der Waals surface area contributed by atoms with E-state index in [-0.39, 0.29) is 78.9 Å². The van der Waals surface area contributed by atoms with Crippen molar-refractivity contribution in [3.63, 3.8) is 0 Å². The molecular weight excluding hydrogens is 1370 g/mol. The van der Waals surface area contributed by atoms with Crippen molar-refractivity contribution in [1.29, 1.82) is 0 Å². The Balaban J connectivity index is 0.000000275. The van der Waals surface area contributed by atoms with Crippen LogP contribution in [0.15, 0.2) is 0 Å². The molecule has 9 fully saturated rings. The van der Waals surface area contributed by atoms with E-state index < -0.39 is 186 Å².